The first-order valence-electron chi connectivity index (χ1n) is 7.96. The molecule has 0 saturated carbocycles. The largest absolute Gasteiger partial charge is 0.389 e. The zero-order valence-corrected chi connectivity index (χ0v) is 13.5. The van der Waals surface area contributed by atoms with Gasteiger partial charge in [0.25, 0.3) is 0 Å². The average molecular weight is 310 g/mol. The zero-order valence-electron chi connectivity index (χ0n) is 13.5. The Morgan fingerprint density at radius 2 is 2.14 bits per heavy atom. The molecule has 0 radical (unpaired) electrons. The number of aliphatic hydroxyl groups is 1. The Bertz CT molecular complexity index is 462. The quantitative estimate of drug-likeness (QED) is 0.804. The summed E-state index contributed by atoms with van der Waals surface area (Å²) < 4.78 is 18.2. The fraction of sp³-hybridized carbons (Fsp3) is 0.647. The second-order valence-corrected chi connectivity index (χ2v) is 6.15. The lowest BCUT2D eigenvalue weighted by atomic mass is 10.0. The number of hydrogen-bond donors (Lipinski definition) is 2. The smallest absolute Gasteiger partial charge is 0.126 e. The van der Waals surface area contributed by atoms with Gasteiger partial charge >= 0.3 is 0 Å². The van der Waals surface area contributed by atoms with Crippen molar-refractivity contribution >= 4 is 0 Å². The summed E-state index contributed by atoms with van der Waals surface area (Å²) in [5.74, 6) is -0.147. The topological polar surface area (TPSA) is 44.7 Å². The summed E-state index contributed by atoms with van der Waals surface area (Å²) in [7, 11) is 1.61. The molecule has 1 aromatic carbocycles. The fourth-order valence-corrected chi connectivity index (χ4v) is 2.94. The highest BCUT2D eigenvalue weighted by Gasteiger charge is 2.20. The van der Waals surface area contributed by atoms with Crippen LogP contribution in [0.15, 0.2) is 18.2 Å². The number of aryl methyl sites for hydroxylation is 1. The normalized spacial score (nSPS) is 18.5. The fourth-order valence-electron chi connectivity index (χ4n) is 2.94. The van der Waals surface area contributed by atoms with Crippen molar-refractivity contribution in [1.29, 1.82) is 0 Å². The summed E-state index contributed by atoms with van der Waals surface area (Å²) in [5, 5.41) is 13.3. The zero-order chi connectivity index (χ0) is 15.9. The van der Waals surface area contributed by atoms with Crippen LogP contribution in [-0.4, -0.2) is 55.5 Å². The minimum atomic E-state index is -0.406. The highest BCUT2D eigenvalue weighted by Crippen LogP contribution is 2.13. The van der Waals surface area contributed by atoms with Gasteiger partial charge in [-0.2, -0.15) is 0 Å². The minimum Gasteiger partial charge on any atom is -0.389 e. The molecular weight excluding hydrogens is 283 g/mol. The first-order chi connectivity index (χ1) is 10.6. The second kappa shape index (κ2) is 8.58. The van der Waals surface area contributed by atoms with Crippen molar-refractivity contribution in [2.24, 2.45) is 0 Å². The molecule has 22 heavy (non-hydrogen) atoms. The third-order valence-electron chi connectivity index (χ3n) is 4.23. The summed E-state index contributed by atoms with van der Waals surface area (Å²) in [6, 6.07) is 5.76. The molecule has 0 spiro atoms. The van der Waals surface area contributed by atoms with Gasteiger partial charge in [0.1, 0.15) is 5.82 Å². The lowest BCUT2D eigenvalue weighted by Gasteiger charge is -2.33. The van der Waals surface area contributed by atoms with Gasteiger partial charge in [-0.1, -0.05) is 12.1 Å². The molecule has 2 rings (SSSR count). The van der Waals surface area contributed by atoms with Gasteiger partial charge < -0.3 is 20.1 Å². The van der Waals surface area contributed by atoms with Crippen molar-refractivity contribution < 1.29 is 14.2 Å². The molecule has 5 heteroatoms. The maximum atomic E-state index is 13.2. The van der Waals surface area contributed by atoms with Crippen LogP contribution in [0.1, 0.15) is 24.0 Å². The number of nitrogens with one attached hydrogen (secondary N) is 1. The van der Waals surface area contributed by atoms with Crippen molar-refractivity contribution in [2.75, 3.05) is 33.4 Å². The van der Waals surface area contributed by atoms with Crippen molar-refractivity contribution in [3.05, 3.63) is 35.1 Å². The minimum absolute atomic E-state index is 0.147. The first-order valence-corrected chi connectivity index (χ1v) is 7.96. The van der Waals surface area contributed by atoms with E-state index in [1.165, 1.54) is 6.07 Å². The van der Waals surface area contributed by atoms with E-state index in [-0.39, 0.29) is 5.82 Å². The average Bonchev–Trinajstić information content (AvgIpc) is 2.50. The Labute approximate surface area is 132 Å². The van der Waals surface area contributed by atoms with Gasteiger partial charge in [0.05, 0.1) is 12.7 Å². The molecule has 1 atom stereocenters. The molecule has 0 aromatic heterocycles. The van der Waals surface area contributed by atoms with E-state index in [1.807, 2.05) is 12.1 Å². The SMILES string of the molecule is COCC(O)CN1CCC(NCc2ccc(F)c(C)c2)CC1. The predicted molar refractivity (Wildman–Crippen MR) is 85.3 cm³/mol. The monoisotopic (exact) mass is 310 g/mol. The summed E-state index contributed by atoms with van der Waals surface area (Å²) in [6.45, 7) is 5.61. The Morgan fingerprint density at radius 1 is 1.41 bits per heavy atom. The lowest BCUT2D eigenvalue weighted by Crippen LogP contribution is -2.45. The van der Waals surface area contributed by atoms with Crippen LogP contribution in [0.2, 0.25) is 0 Å². The number of rotatable bonds is 7. The Balaban J connectivity index is 1.70. The number of methoxy groups -OCH3 is 1. The van der Waals surface area contributed by atoms with E-state index in [2.05, 4.69) is 10.2 Å². The Kier molecular flexibility index (Phi) is 6.76. The number of β-amino-alcohol motifs (C(OH)–C–C–N with tert-alkyl or cyclic N) is 1. The number of aliphatic hydroxyl groups excluding tert-OH is 1. The highest BCUT2D eigenvalue weighted by molar-refractivity contribution is 5.23. The molecule has 124 valence electrons. The van der Waals surface area contributed by atoms with E-state index < -0.39 is 6.10 Å². The van der Waals surface area contributed by atoms with Crippen molar-refractivity contribution in [3.63, 3.8) is 0 Å². The number of ether oxygens (including phenoxy) is 1. The highest BCUT2D eigenvalue weighted by atomic mass is 19.1. The van der Waals surface area contributed by atoms with Crippen molar-refractivity contribution in [3.8, 4) is 0 Å². The van der Waals surface area contributed by atoms with Crippen LogP contribution in [0.4, 0.5) is 4.39 Å². The van der Waals surface area contributed by atoms with E-state index in [4.69, 9.17) is 4.74 Å². The molecule has 1 aliphatic rings. The van der Waals surface area contributed by atoms with Gasteiger partial charge in [-0.3, -0.25) is 0 Å². The third kappa shape index (κ3) is 5.32. The molecule has 2 N–H and O–H groups in total. The van der Waals surface area contributed by atoms with E-state index in [9.17, 15) is 9.50 Å². The van der Waals surface area contributed by atoms with Crippen LogP contribution in [0.5, 0.6) is 0 Å². The van der Waals surface area contributed by atoms with Gasteiger partial charge in [0.15, 0.2) is 0 Å². The molecule has 4 nitrogen and oxygen atoms in total. The van der Waals surface area contributed by atoms with Crippen molar-refractivity contribution in [2.45, 2.75) is 38.5 Å². The number of benzene rings is 1. The maximum absolute atomic E-state index is 13.2. The number of hydrogen-bond acceptors (Lipinski definition) is 4. The molecule has 0 bridgehead atoms. The van der Waals surface area contributed by atoms with E-state index in [0.29, 0.717) is 24.8 Å². The van der Waals surface area contributed by atoms with Crippen LogP contribution in [0.3, 0.4) is 0 Å². The van der Waals surface area contributed by atoms with Crippen LogP contribution in [0.25, 0.3) is 0 Å². The van der Waals surface area contributed by atoms with Gasteiger partial charge in [-0.15, -0.1) is 0 Å². The van der Waals surface area contributed by atoms with E-state index >= 15 is 0 Å². The first kappa shape index (κ1) is 17.3. The van der Waals surface area contributed by atoms with Crippen LogP contribution in [-0.2, 0) is 11.3 Å². The Morgan fingerprint density at radius 3 is 2.77 bits per heavy atom. The summed E-state index contributed by atoms with van der Waals surface area (Å²) >= 11 is 0. The second-order valence-electron chi connectivity index (χ2n) is 6.15. The number of nitrogens with zero attached hydrogens (tertiary/aromatic N) is 1. The lowest BCUT2D eigenvalue weighted by molar-refractivity contribution is 0.0310. The summed E-state index contributed by atoms with van der Waals surface area (Å²) in [4.78, 5) is 2.28. The van der Waals surface area contributed by atoms with Crippen LogP contribution >= 0.6 is 0 Å². The summed E-state index contributed by atoms with van der Waals surface area (Å²) in [5.41, 5.74) is 1.82. The van der Waals surface area contributed by atoms with Crippen LogP contribution < -0.4 is 5.32 Å². The molecule has 1 heterocycles. The number of halogens is 1. The molecular formula is C17H27FN2O2. The van der Waals surface area contributed by atoms with Gasteiger partial charge in [0.2, 0.25) is 0 Å². The molecule has 0 amide bonds. The molecule has 1 unspecified atom stereocenters. The van der Waals surface area contributed by atoms with E-state index in [1.54, 1.807) is 14.0 Å². The predicted octanol–water partition coefficient (Wildman–Crippen LogP) is 1.70. The van der Waals surface area contributed by atoms with E-state index in [0.717, 1.165) is 38.0 Å². The molecule has 1 saturated heterocycles. The number of piperidine rings is 1. The molecule has 1 aromatic rings. The number of likely N-dealkylation sites (tertiary alicyclic amines) is 1. The van der Waals surface area contributed by atoms with Gasteiger partial charge in [-0.25, -0.2) is 4.39 Å². The molecule has 1 aliphatic heterocycles. The maximum Gasteiger partial charge on any atom is 0.126 e. The van der Waals surface area contributed by atoms with Crippen LogP contribution in [0, 0.1) is 12.7 Å². The third-order valence-corrected chi connectivity index (χ3v) is 4.23. The Hall–Kier alpha value is -1.01. The van der Waals surface area contributed by atoms with Crippen molar-refractivity contribution in [1.82, 2.24) is 10.2 Å². The standard InChI is InChI=1S/C17H27FN2O2/c1-13-9-14(3-4-17(13)18)10-19-15-5-7-20(8-6-15)11-16(21)12-22-2/h3-4,9,15-16,19,21H,5-8,10-12H2,1-2H3. The molecule has 1 fully saturated rings. The summed E-state index contributed by atoms with van der Waals surface area (Å²) in [6.07, 6.45) is 1.73. The molecule has 0 aliphatic carbocycles. The van der Waals surface area contributed by atoms with Gasteiger partial charge in [0, 0.05) is 26.2 Å². The van der Waals surface area contributed by atoms with Gasteiger partial charge in [-0.05, 0) is 50.0 Å².